The van der Waals surface area contributed by atoms with E-state index < -0.39 is 66.2 Å². The van der Waals surface area contributed by atoms with Crippen molar-refractivity contribution in [2.24, 2.45) is 10.8 Å². The monoisotopic (exact) mass is 475 g/mol. The number of aliphatic hydroxyl groups excluding tert-OH is 2. The lowest BCUT2D eigenvalue weighted by Gasteiger charge is -2.34. The Morgan fingerprint density at radius 1 is 1.28 bits per heavy atom. The zero-order valence-corrected chi connectivity index (χ0v) is 19.3. The van der Waals surface area contributed by atoms with Crippen LogP contribution in [0.5, 0.6) is 0 Å². The molecule has 2 heterocycles. The maximum atomic E-state index is 12.6. The first-order valence-electron chi connectivity index (χ1n) is 10.0. The highest BCUT2D eigenvalue weighted by Gasteiger charge is 2.54. The van der Waals surface area contributed by atoms with Crippen molar-refractivity contribution in [3.63, 3.8) is 0 Å². The van der Waals surface area contributed by atoms with E-state index in [1.165, 1.54) is 44.5 Å². The minimum Gasteiger partial charge on any atom is -0.462 e. The van der Waals surface area contributed by atoms with E-state index in [2.05, 4.69) is 4.98 Å². The van der Waals surface area contributed by atoms with Gasteiger partial charge in [0, 0.05) is 12.6 Å². The van der Waals surface area contributed by atoms with Crippen LogP contribution in [0.15, 0.2) is 17.1 Å². The molecule has 1 aliphatic rings. The van der Waals surface area contributed by atoms with Gasteiger partial charge in [0.1, 0.15) is 24.8 Å². The number of nitrogen functional groups attached to an aromatic ring is 1. The number of anilines is 1. The van der Waals surface area contributed by atoms with E-state index >= 15 is 0 Å². The lowest BCUT2D eigenvalue weighted by molar-refractivity contribution is -0.184. The number of hydrogen-bond acceptors (Lipinski definition) is 10. The first kappa shape index (κ1) is 26.0. The molecule has 1 aromatic rings. The Morgan fingerprint density at radius 3 is 2.41 bits per heavy atom. The van der Waals surface area contributed by atoms with Crippen LogP contribution in [0.3, 0.4) is 0 Å². The molecule has 180 valence electrons. The summed E-state index contributed by atoms with van der Waals surface area (Å²) in [5, 5.41) is 18.9. The molecule has 1 fully saturated rings. The van der Waals surface area contributed by atoms with Crippen LogP contribution in [-0.4, -0.2) is 69.1 Å². The van der Waals surface area contributed by atoms with Gasteiger partial charge in [-0.15, -0.1) is 11.6 Å². The summed E-state index contributed by atoms with van der Waals surface area (Å²) in [6.07, 6.45) is -0.560. The summed E-state index contributed by atoms with van der Waals surface area (Å²) in [4.78, 5) is 41.0. The number of rotatable bonds is 9. The van der Waals surface area contributed by atoms with Crippen molar-refractivity contribution in [3.8, 4) is 0 Å². The van der Waals surface area contributed by atoms with E-state index in [1.54, 1.807) is 0 Å². The van der Waals surface area contributed by atoms with Gasteiger partial charge in [0.05, 0.1) is 29.9 Å². The molecule has 11 nitrogen and oxygen atoms in total. The number of halogens is 1. The van der Waals surface area contributed by atoms with Crippen molar-refractivity contribution in [3.05, 3.63) is 22.7 Å². The number of carbonyl (C=O) groups is 2. The second-order valence-corrected chi connectivity index (χ2v) is 9.37. The Hall–Kier alpha value is -2.21. The van der Waals surface area contributed by atoms with Gasteiger partial charge >= 0.3 is 17.6 Å². The smallest absolute Gasteiger partial charge is 0.351 e. The summed E-state index contributed by atoms with van der Waals surface area (Å²) >= 11 is 6.21. The topological polar surface area (TPSA) is 163 Å². The Morgan fingerprint density at radius 2 is 1.88 bits per heavy atom. The summed E-state index contributed by atoms with van der Waals surface area (Å²) in [6.45, 7) is 4.70. The normalized spacial score (nSPS) is 23.7. The highest BCUT2D eigenvalue weighted by Crippen LogP contribution is 2.40. The summed E-state index contributed by atoms with van der Waals surface area (Å²) in [6, 6.07) is 1.41. The molecule has 3 atom stereocenters. The molecule has 0 saturated carbocycles. The maximum Gasteiger partial charge on any atom is 0.351 e. The number of nitrogens with zero attached hydrogens (tertiary/aromatic N) is 2. The van der Waals surface area contributed by atoms with Gasteiger partial charge in [-0.2, -0.15) is 4.98 Å². The molecule has 0 bridgehead atoms. The fraction of sp³-hybridized carbons (Fsp3) is 0.700. The SMILES string of the molecule is CC(C)(CO)C(=O)OC[C@@]1(CCl)O[C@@H](n2ccc(N)nc2=O)C[C@@H]1OC(=O)C(C)(C)CO. The van der Waals surface area contributed by atoms with Gasteiger partial charge < -0.3 is 30.2 Å². The average molecular weight is 476 g/mol. The van der Waals surface area contributed by atoms with Crippen LogP contribution in [-0.2, 0) is 23.8 Å². The molecule has 1 saturated heterocycles. The molecular formula is C20H30ClN3O8. The molecule has 0 unspecified atom stereocenters. The van der Waals surface area contributed by atoms with Gasteiger partial charge in [-0.1, -0.05) is 0 Å². The molecule has 0 aromatic carbocycles. The molecule has 32 heavy (non-hydrogen) atoms. The van der Waals surface area contributed by atoms with Crippen molar-refractivity contribution in [1.82, 2.24) is 9.55 Å². The van der Waals surface area contributed by atoms with Crippen LogP contribution in [0, 0.1) is 10.8 Å². The van der Waals surface area contributed by atoms with Gasteiger partial charge in [0.25, 0.3) is 0 Å². The largest absolute Gasteiger partial charge is 0.462 e. The first-order chi connectivity index (χ1) is 14.8. The minimum atomic E-state index is -1.49. The van der Waals surface area contributed by atoms with Crippen molar-refractivity contribution in [2.45, 2.75) is 52.0 Å². The Balaban J connectivity index is 2.37. The fourth-order valence-electron chi connectivity index (χ4n) is 2.85. The van der Waals surface area contributed by atoms with Gasteiger partial charge in [-0.3, -0.25) is 14.2 Å². The van der Waals surface area contributed by atoms with E-state index in [0.717, 1.165) is 0 Å². The molecular weight excluding hydrogens is 446 g/mol. The number of esters is 2. The average Bonchev–Trinajstić information content (AvgIpc) is 3.10. The highest BCUT2D eigenvalue weighted by molar-refractivity contribution is 6.18. The standard InChI is InChI=1S/C20H30ClN3O8/c1-18(2,9-25)15(27)30-11-20(8-21)12(31-16(28)19(3,4)10-26)7-14(32-20)24-6-5-13(22)23-17(24)29/h5-6,12,14,25-26H,7-11H2,1-4H3,(H2,22,23,29)/t12-,14+,20+/m0/s1. The van der Waals surface area contributed by atoms with Crippen LogP contribution in [0.4, 0.5) is 5.82 Å². The highest BCUT2D eigenvalue weighted by atomic mass is 35.5. The van der Waals surface area contributed by atoms with E-state index in [9.17, 15) is 24.6 Å². The van der Waals surface area contributed by atoms with E-state index in [0.29, 0.717) is 0 Å². The van der Waals surface area contributed by atoms with Crippen LogP contribution < -0.4 is 11.4 Å². The van der Waals surface area contributed by atoms with E-state index in [1.807, 2.05) is 0 Å². The lowest BCUT2D eigenvalue weighted by atomic mass is 9.93. The van der Waals surface area contributed by atoms with E-state index in [4.69, 9.17) is 31.5 Å². The molecule has 1 aromatic heterocycles. The van der Waals surface area contributed by atoms with Crippen molar-refractivity contribution >= 4 is 29.4 Å². The number of alkyl halides is 1. The second-order valence-electron chi connectivity index (χ2n) is 9.10. The summed E-state index contributed by atoms with van der Waals surface area (Å²) in [7, 11) is 0. The fourth-order valence-corrected chi connectivity index (χ4v) is 3.16. The van der Waals surface area contributed by atoms with Crippen LogP contribution in [0.25, 0.3) is 0 Å². The summed E-state index contributed by atoms with van der Waals surface area (Å²) in [5.41, 5.74) is 0.993. The van der Waals surface area contributed by atoms with Crippen LogP contribution >= 0.6 is 11.6 Å². The number of aliphatic hydroxyl groups is 2. The zero-order valence-electron chi connectivity index (χ0n) is 18.5. The molecule has 2 rings (SSSR count). The summed E-state index contributed by atoms with van der Waals surface area (Å²) < 4.78 is 18.2. The maximum absolute atomic E-state index is 12.6. The second kappa shape index (κ2) is 9.74. The Kier molecular flexibility index (Phi) is 7.92. The van der Waals surface area contributed by atoms with Crippen LogP contribution in [0.1, 0.15) is 40.3 Å². The molecule has 12 heteroatoms. The van der Waals surface area contributed by atoms with Gasteiger partial charge in [-0.25, -0.2) is 4.79 Å². The molecule has 4 N–H and O–H groups in total. The Bertz CT molecular complexity index is 903. The third-order valence-electron chi connectivity index (χ3n) is 5.35. The molecule has 0 spiro atoms. The van der Waals surface area contributed by atoms with Crippen LogP contribution in [0.2, 0.25) is 0 Å². The molecule has 0 radical (unpaired) electrons. The number of carbonyl (C=O) groups excluding carboxylic acids is 2. The number of nitrogens with two attached hydrogens (primary N) is 1. The number of ether oxygens (including phenoxy) is 3. The number of aromatic nitrogens is 2. The summed E-state index contributed by atoms with van der Waals surface area (Å²) in [5.74, 6) is -1.64. The Labute approximate surface area is 190 Å². The van der Waals surface area contributed by atoms with E-state index in [-0.39, 0.29) is 18.1 Å². The first-order valence-corrected chi connectivity index (χ1v) is 10.5. The van der Waals surface area contributed by atoms with Gasteiger partial charge in [0.2, 0.25) is 0 Å². The molecule has 0 amide bonds. The van der Waals surface area contributed by atoms with Crippen molar-refractivity contribution in [2.75, 3.05) is 31.4 Å². The third kappa shape index (κ3) is 5.40. The quantitative estimate of drug-likeness (QED) is 0.332. The van der Waals surface area contributed by atoms with Gasteiger partial charge in [-0.05, 0) is 33.8 Å². The predicted octanol–water partition coefficient (Wildman–Crippen LogP) is 0.214. The van der Waals surface area contributed by atoms with Gasteiger partial charge in [0.15, 0.2) is 5.60 Å². The lowest BCUT2D eigenvalue weighted by Crippen LogP contribution is -2.50. The third-order valence-corrected chi connectivity index (χ3v) is 5.81. The predicted molar refractivity (Wildman–Crippen MR) is 114 cm³/mol. The minimum absolute atomic E-state index is 0.00637. The van der Waals surface area contributed by atoms with Crippen molar-refractivity contribution < 1.29 is 34.0 Å². The number of hydrogen-bond donors (Lipinski definition) is 3. The van der Waals surface area contributed by atoms with Crippen molar-refractivity contribution in [1.29, 1.82) is 0 Å². The zero-order chi connectivity index (χ0) is 24.3. The molecule has 0 aliphatic carbocycles. The molecule has 1 aliphatic heterocycles.